The summed E-state index contributed by atoms with van der Waals surface area (Å²) in [6.45, 7) is 5.70. The monoisotopic (exact) mass is 330 g/mol. The van der Waals surface area contributed by atoms with Crippen LogP contribution in [0.1, 0.15) is 23.6 Å². The van der Waals surface area contributed by atoms with Crippen molar-refractivity contribution in [3.05, 3.63) is 65.0 Å². The van der Waals surface area contributed by atoms with Gasteiger partial charge in [-0.2, -0.15) is 0 Å². The van der Waals surface area contributed by atoms with Gasteiger partial charge in [-0.3, -0.25) is 4.79 Å². The maximum atomic E-state index is 13.0. The first-order valence-corrected chi connectivity index (χ1v) is 7.85. The molecule has 2 rings (SSSR count). The molecule has 0 bridgehead atoms. The maximum absolute atomic E-state index is 13.0. The van der Waals surface area contributed by atoms with E-state index in [1.807, 2.05) is 32.0 Å². The van der Waals surface area contributed by atoms with E-state index >= 15 is 0 Å². The normalized spacial score (nSPS) is 13.2. The van der Waals surface area contributed by atoms with Crippen molar-refractivity contribution in [1.29, 1.82) is 0 Å². The fourth-order valence-electron chi connectivity index (χ4n) is 2.51. The second kappa shape index (κ2) is 7.45. The van der Waals surface area contributed by atoms with E-state index in [0.29, 0.717) is 5.56 Å². The van der Waals surface area contributed by atoms with Crippen LogP contribution in [0.4, 0.5) is 10.1 Å². The second-order valence-electron chi connectivity index (χ2n) is 6.18. The minimum atomic E-state index is -1.26. The SMILES string of the molecule is Cc1cccc(C)c1NCC(=O)NCC(C)(O)c1ccc(F)cc1. The second-order valence-corrected chi connectivity index (χ2v) is 6.18. The first kappa shape index (κ1) is 17.9. The summed E-state index contributed by atoms with van der Waals surface area (Å²) < 4.78 is 13.0. The van der Waals surface area contributed by atoms with E-state index in [2.05, 4.69) is 10.6 Å². The van der Waals surface area contributed by atoms with Gasteiger partial charge in [-0.1, -0.05) is 30.3 Å². The third-order valence-electron chi connectivity index (χ3n) is 4.00. The Morgan fingerprint density at radius 3 is 2.29 bits per heavy atom. The molecule has 0 aromatic heterocycles. The number of carbonyl (C=O) groups is 1. The molecule has 1 amide bonds. The molecule has 2 aromatic carbocycles. The first-order valence-electron chi connectivity index (χ1n) is 7.85. The van der Waals surface area contributed by atoms with Crippen LogP contribution in [0.3, 0.4) is 0 Å². The highest BCUT2D eigenvalue weighted by Gasteiger charge is 2.23. The highest BCUT2D eigenvalue weighted by Crippen LogP contribution is 2.20. The molecule has 3 N–H and O–H groups in total. The van der Waals surface area contributed by atoms with Crippen LogP contribution in [0, 0.1) is 19.7 Å². The number of aryl methyl sites for hydroxylation is 2. The van der Waals surface area contributed by atoms with Crippen LogP contribution in [0.5, 0.6) is 0 Å². The quantitative estimate of drug-likeness (QED) is 0.763. The van der Waals surface area contributed by atoms with Crippen molar-refractivity contribution < 1.29 is 14.3 Å². The first-order chi connectivity index (χ1) is 11.3. The van der Waals surface area contributed by atoms with Gasteiger partial charge in [0.25, 0.3) is 0 Å². The Labute approximate surface area is 141 Å². The fraction of sp³-hybridized carbons (Fsp3) is 0.316. The van der Waals surface area contributed by atoms with Crippen LogP contribution in [0.25, 0.3) is 0 Å². The van der Waals surface area contributed by atoms with Crippen molar-refractivity contribution in [2.75, 3.05) is 18.4 Å². The third kappa shape index (κ3) is 4.55. The lowest BCUT2D eigenvalue weighted by atomic mass is 9.96. The van der Waals surface area contributed by atoms with Crippen LogP contribution in [0.15, 0.2) is 42.5 Å². The summed E-state index contributed by atoms with van der Waals surface area (Å²) in [6, 6.07) is 11.5. The Morgan fingerprint density at radius 1 is 1.12 bits per heavy atom. The van der Waals surface area contributed by atoms with Crippen molar-refractivity contribution in [3.63, 3.8) is 0 Å². The predicted molar refractivity (Wildman–Crippen MR) is 93.4 cm³/mol. The predicted octanol–water partition coefficient (Wildman–Crippen LogP) is 2.88. The number of nitrogens with one attached hydrogen (secondary N) is 2. The molecular formula is C19H23FN2O2. The third-order valence-corrected chi connectivity index (χ3v) is 4.00. The molecular weight excluding hydrogens is 307 g/mol. The smallest absolute Gasteiger partial charge is 0.239 e. The van der Waals surface area contributed by atoms with Gasteiger partial charge in [-0.25, -0.2) is 4.39 Å². The number of aliphatic hydroxyl groups is 1. The van der Waals surface area contributed by atoms with Gasteiger partial charge in [-0.15, -0.1) is 0 Å². The number of anilines is 1. The Kier molecular flexibility index (Phi) is 5.57. The lowest BCUT2D eigenvalue weighted by Crippen LogP contribution is -2.40. The Bertz CT molecular complexity index is 692. The van der Waals surface area contributed by atoms with Crippen molar-refractivity contribution in [2.24, 2.45) is 0 Å². The molecule has 0 heterocycles. The number of amides is 1. The van der Waals surface area contributed by atoms with Gasteiger partial charge >= 0.3 is 0 Å². The summed E-state index contributed by atoms with van der Waals surface area (Å²) in [7, 11) is 0. The largest absolute Gasteiger partial charge is 0.384 e. The molecule has 1 atom stereocenters. The molecule has 0 spiro atoms. The lowest BCUT2D eigenvalue weighted by molar-refractivity contribution is -0.120. The van der Waals surface area contributed by atoms with Crippen LogP contribution in [0.2, 0.25) is 0 Å². The lowest BCUT2D eigenvalue weighted by Gasteiger charge is -2.24. The minimum Gasteiger partial charge on any atom is -0.384 e. The van der Waals surface area contributed by atoms with E-state index < -0.39 is 5.60 Å². The zero-order valence-electron chi connectivity index (χ0n) is 14.2. The van der Waals surface area contributed by atoms with E-state index in [-0.39, 0.29) is 24.8 Å². The van der Waals surface area contributed by atoms with Gasteiger partial charge in [0.1, 0.15) is 11.4 Å². The molecule has 4 nitrogen and oxygen atoms in total. The number of carbonyl (C=O) groups excluding carboxylic acids is 1. The van der Waals surface area contributed by atoms with Crippen molar-refractivity contribution in [2.45, 2.75) is 26.4 Å². The van der Waals surface area contributed by atoms with E-state index in [4.69, 9.17) is 0 Å². The van der Waals surface area contributed by atoms with Crippen molar-refractivity contribution >= 4 is 11.6 Å². The van der Waals surface area contributed by atoms with E-state index in [1.165, 1.54) is 24.3 Å². The number of hydrogen-bond acceptors (Lipinski definition) is 3. The molecule has 0 aliphatic carbocycles. The van der Waals surface area contributed by atoms with Gasteiger partial charge in [0.15, 0.2) is 0 Å². The van der Waals surface area contributed by atoms with Crippen molar-refractivity contribution in [3.8, 4) is 0 Å². The summed E-state index contributed by atoms with van der Waals surface area (Å²) in [5.41, 5.74) is 2.37. The van der Waals surface area contributed by atoms with Gasteiger partial charge in [0.05, 0.1) is 13.1 Å². The highest BCUT2D eigenvalue weighted by molar-refractivity contribution is 5.81. The Morgan fingerprint density at radius 2 is 1.71 bits per heavy atom. The Hall–Kier alpha value is -2.40. The number of rotatable bonds is 6. The number of benzene rings is 2. The van der Waals surface area contributed by atoms with Crippen LogP contribution >= 0.6 is 0 Å². The molecule has 0 aliphatic heterocycles. The zero-order chi connectivity index (χ0) is 17.7. The zero-order valence-corrected chi connectivity index (χ0v) is 14.2. The summed E-state index contributed by atoms with van der Waals surface area (Å²) >= 11 is 0. The van der Waals surface area contributed by atoms with Crippen LogP contribution < -0.4 is 10.6 Å². The average Bonchev–Trinajstić information content (AvgIpc) is 2.53. The number of halogens is 1. The summed E-state index contributed by atoms with van der Waals surface area (Å²) in [6.07, 6.45) is 0. The average molecular weight is 330 g/mol. The molecule has 0 saturated carbocycles. The van der Waals surface area contributed by atoms with Crippen LogP contribution in [-0.2, 0) is 10.4 Å². The van der Waals surface area contributed by atoms with Gasteiger partial charge < -0.3 is 15.7 Å². The maximum Gasteiger partial charge on any atom is 0.239 e. The fourth-order valence-corrected chi connectivity index (χ4v) is 2.51. The Balaban J connectivity index is 1.89. The standard InChI is InChI=1S/C19H23FN2O2/c1-13-5-4-6-14(2)18(13)21-11-17(23)22-12-19(3,24)15-7-9-16(20)10-8-15/h4-10,21,24H,11-12H2,1-3H3,(H,22,23). The van der Waals surface area contributed by atoms with Crippen LogP contribution in [-0.4, -0.2) is 24.1 Å². The molecule has 0 radical (unpaired) electrons. The molecule has 128 valence electrons. The summed E-state index contributed by atoms with van der Waals surface area (Å²) in [4.78, 5) is 12.0. The van der Waals surface area contributed by atoms with Gasteiger partial charge in [0.2, 0.25) is 5.91 Å². The molecule has 0 saturated heterocycles. The highest BCUT2D eigenvalue weighted by atomic mass is 19.1. The molecule has 5 heteroatoms. The molecule has 0 aliphatic rings. The number of hydrogen-bond donors (Lipinski definition) is 3. The van der Waals surface area contributed by atoms with Gasteiger partial charge in [-0.05, 0) is 49.6 Å². The van der Waals surface area contributed by atoms with E-state index in [0.717, 1.165) is 16.8 Å². The molecule has 0 fully saturated rings. The molecule has 24 heavy (non-hydrogen) atoms. The summed E-state index contributed by atoms with van der Waals surface area (Å²) in [5, 5.41) is 16.3. The minimum absolute atomic E-state index is 0.0475. The molecule has 1 unspecified atom stereocenters. The summed E-state index contributed by atoms with van der Waals surface area (Å²) in [5.74, 6) is -0.587. The van der Waals surface area contributed by atoms with Gasteiger partial charge in [0, 0.05) is 5.69 Å². The van der Waals surface area contributed by atoms with E-state index in [9.17, 15) is 14.3 Å². The van der Waals surface area contributed by atoms with Crippen molar-refractivity contribution in [1.82, 2.24) is 5.32 Å². The molecule has 2 aromatic rings. The van der Waals surface area contributed by atoms with E-state index in [1.54, 1.807) is 6.92 Å². The topological polar surface area (TPSA) is 61.4 Å². The number of para-hydroxylation sites is 1.